The van der Waals surface area contributed by atoms with Crippen LogP contribution >= 0.6 is 0 Å². The first-order chi connectivity index (χ1) is 18.6. The van der Waals surface area contributed by atoms with Crippen molar-refractivity contribution in [2.45, 2.75) is 47.1 Å². The molecule has 2 aromatic rings. The standard InChI is InChI=1S/C24H29NO16/c1-40-15-8-12-13(9-16(15)41-2)19(28,29)14(17(12)26)10-18(27)21(32,33)23(36,37)25(24(38,39)22(18,34)35)20(30,31)11-6-4-3-5-7-11/h3-9,14,27-39H,10H2,1-2H3. The van der Waals surface area contributed by atoms with Crippen LogP contribution in [-0.4, -0.2) is 120 Å². The number of methoxy groups -OCH3 is 2. The number of ketones is 1. The molecule has 1 saturated heterocycles. The fourth-order valence-corrected chi connectivity index (χ4v) is 5.31. The van der Waals surface area contributed by atoms with Gasteiger partial charge in [0, 0.05) is 23.1 Å². The Morgan fingerprint density at radius 3 is 1.71 bits per heavy atom. The summed E-state index contributed by atoms with van der Waals surface area (Å²) in [6.07, 6.45) is -1.95. The third kappa shape index (κ3) is 3.78. The number of nitrogens with zero attached hydrogens (tertiary/aromatic N) is 1. The largest absolute Gasteiger partial charge is 0.493 e. The van der Waals surface area contributed by atoms with Gasteiger partial charge in [-0.1, -0.05) is 30.3 Å². The van der Waals surface area contributed by atoms with E-state index in [-0.39, 0.29) is 11.5 Å². The summed E-state index contributed by atoms with van der Waals surface area (Å²) in [5, 5.41) is 141. The number of benzene rings is 2. The highest BCUT2D eigenvalue weighted by Crippen LogP contribution is 2.57. The second kappa shape index (κ2) is 9.07. The molecule has 1 heterocycles. The molecule has 17 nitrogen and oxygen atoms in total. The summed E-state index contributed by atoms with van der Waals surface area (Å²) >= 11 is 0. The van der Waals surface area contributed by atoms with Gasteiger partial charge in [-0.25, -0.2) is 0 Å². The van der Waals surface area contributed by atoms with Crippen molar-refractivity contribution in [3.05, 3.63) is 59.2 Å². The fourth-order valence-electron chi connectivity index (χ4n) is 5.31. The quantitative estimate of drug-likeness (QED) is 0.140. The topological polar surface area (TPSA) is 302 Å². The molecule has 0 radical (unpaired) electrons. The van der Waals surface area contributed by atoms with Crippen LogP contribution in [0.1, 0.15) is 27.9 Å². The molecule has 0 bridgehead atoms. The summed E-state index contributed by atoms with van der Waals surface area (Å²) in [6, 6.07) is 7.28. The lowest BCUT2D eigenvalue weighted by molar-refractivity contribution is -0.629. The Morgan fingerprint density at radius 2 is 1.24 bits per heavy atom. The van der Waals surface area contributed by atoms with Crippen molar-refractivity contribution in [2.75, 3.05) is 14.2 Å². The fraction of sp³-hybridized carbons (Fsp3) is 0.458. The average molecular weight is 587 g/mol. The van der Waals surface area contributed by atoms with Gasteiger partial charge in [-0.2, -0.15) is 0 Å². The maximum Gasteiger partial charge on any atom is 0.294 e. The summed E-state index contributed by atoms with van der Waals surface area (Å²) in [7, 11) is 2.35. The molecular weight excluding hydrogens is 558 g/mol. The smallest absolute Gasteiger partial charge is 0.294 e. The minimum Gasteiger partial charge on any atom is -0.493 e. The van der Waals surface area contributed by atoms with E-state index < -0.39 is 80.4 Å². The van der Waals surface area contributed by atoms with Crippen LogP contribution in [0.4, 0.5) is 0 Å². The Balaban J connectivity index is 1.88. The summed E-state index contributed by atoms with van der Waals surface area (Å²) in [5.74, 6) is -30.8. The number of carbonyl (C=O) groups excluding carboxylic acids is 1. The first kappa shape index (κ1) is 31.1. The van der Waals surface area contributed by atoms with Crippen LogP contribution in [0.25, 0.3) is 0 Å². The molecule has 41 heavy (non-hydrogen) atoms. The van der Waals surface area contributed by atoms with Crippen LogP contribution in [0.2, 0.25) is 0 Å². The molecule has 1 fully saturated rings. The predicted molar refractivity (Wildman–Crippen MR) is 126 cm³/mol. The highest BCUT2D eigenvalue weighted by atomic mass is 16.7. The van der Waals surface area contributed by atoms with Crippen molar-refractivity contribution in [2.24, 2.45) is 5.92 Å². The van der Waals surface area contributed by atoms with E-state index in [1.165, 1.54) is 20.3 Å². The van der Waals surface area contributed by atoms with Crippen LogP contribution in [-0.2, 0) is 11.7 Å². The summed E-state index contributed by atoms with van der Waals surface area (Å²) < 4.78 is 10.1. The molecule has 2 aliphatic rings. The van der Waals surface area contributed by atoms with E-state index in [0.717, 1.165) is 36.4 Å². The molecule has 4 rings (SSSR count). The van der Waals surface area contributed by atoms with Gasteiger partial charge < -0.3 is 75.9 Å². The Labute approximate surface area is 229 Å². The summed E-state index contributed by atoms with van der Waals surface area (Å²) in [5.41, 5.74) is -6.41. The lowest BCUT2D eigenvalue weighted by Crippen LogP contribution is -2.95. The van der Waals surface area contributed by atoms with Crippen LogP contribution in [0.3, 0.4) is 0 Å². The zero-order chi connectivity index (χ0) is 31.2. The second-order valence-corrected chi connectivity index (χ2v) is 9.91. The Bertz CT molecular complexity index is 1320. The number of ether oxygens (including phenoxy) is 2. The molecule has 0 spiro atoms. The van der Waals surface area contributed by atoms with E-state index >= 15 is 0 Å². The number of aliphatic hydroxyl groups is 13. The van der Waals surface area contributed by atoms with Crippen molar-refractivity contribution in [1.82, 2.24) is 4.90 Å². The van der Waals surface area contributed by atoms with Crippen LogP contribution < -0.4 is 9.47 Å². The minimum absolute atomic E-state index is 0.0852. The van der Waals surface area contributed by atoms with Crippen LogP contribution in [0, 0.1) is 5.92 Å². The van der Waals surface area contributed by atoms with E-state index in [1.54, 1.807) is 0 Å². The molecule has 1 aliphatic carbocycles. The number of hydrogen-bond acceptors (Lipinski definition) is 17. The minimum atomic E-state index is -4.86. The third-order valence-electron chi connectivity index (χ3n) is 7.67. The molecule has 0 saturated carbocycles. The van der Waals surface area contributed by atoms with Gasteiger partial charge in [0.05, 0.1) is 20.1 Å². The van der Waals surface area contributed by atoms with Gasteiger partial charge in [0.2, 0.25) is 5.79 Å². The molecule has 226 valence electrons. The number of carbonyl (C=O) groups is 1. The van der Waals surface area contributed by atoms with Gasteiger partial charge in [-0.3, -0.25) is 4.79 Å². The molecule has 1 aliphatic heterocycles. The van der Waals surface area contributed by atoms with Gasteiger partial charge >= 0.3 is 0 Å². The van der Waals surface area contributed by atoms with E-state index in [2.05, 4.69) is 0 Å². The van der Waals surface area contributed by atoms with Gasteiger partial charge in [0.15, 0.2) is 22.9 Å². The Morgan fingerprint density at radius 1 is 0.780 bits per heavy atom. The number of rotatable bonds is 6. The van der Waals surface area contributed by atoms with E-state index in [9.17, 15) is 71.2 Å². The molecule has 1 atom stereocenters. The van der Waals surface area contributed by atoms with E-state index in [1.807, 2.05) is 0 Å². The molecule has 17 heteroatoms. The van der Waals surface area contributed by atoms with E-state index in [0.29, 0.717) is 0 Å². The van der Waals surface area contributed by atoms with Crippen molar-refractivity contribution in [3.8, 4) is 11.5 Å². The number of Topliss-reactive ketones (excluding diaryl/α,β-unsaturated/α-hetero) is 1. The highest BCUT2D eigenvalue weighted by Gasteiger charge is 2.87. The number of fused-ring (bicyclic) bond motifs is 1. The third-order valence-corrected chi connectivity index (χ3v) is 7.67. The van der Waals surface area contributed by atoms with Crippen molar-refractivity contribution in [3.63, 3.8) is 0 Å². The maximum atomic E-state index is 13.3. The molecule has 1 unspecified atom stereocenters. The normalized spacial score (nSPS) is 25.4. The molecule has 0 aromatic heterocycles. The van der Waals surface area contributed by atoms with Gasteiger partial charge in [-0.15, -0.1) is 4.90 Å². The van der Waals surface area contributed by atoms with Gasteiger partial charge in [-0.05, 0) is 12.1 Å². The van der Waals surface area contributed by atoms with Crippen LogP contribution in [0.5, 0.6) is 11.5 Å². The molecule has 2 aromatic carbocycles. The molecule has 0 amide bonds. The number of hydrogen-bond donors (Lipinski definition) is 13. The number of likely N-dealkylation sites (tertiary alicyclic amines) is 1. The SMILES string of the molecule is COc1cc2c(cc1OC)C(O)(O)C(CC1(O)C(O)(O)C(O)(O)N(C(O)(O)c3ccccc3)C(O)(O)C1(O)O)C2=O. The lowest BCUT2D eigenvalue weighted by atomic mass is 9.68. The van der Waals surface area contributed by atoms with Gasteiger partial charge in [0.1, 0.15) is 0 Å². The first-order valence-electron chi connectivity index (χ1n) is 11.7. The first-order valence-corrected chi connectivity index (χ1v) is 11.7. The molecular formula is C24H29NO16. The van der Waals surface area contributed by atoms with Crippen molar-refractivity contribution in [1.29, 1.82) is 0 Å². The predicted octanol–water partition coefficient (Wildman–Crippen LogP) is -5.48. The van der Waals surface area contributed by atoms with Crippen molar-refractivity contribution < 1.29 is 80.7 Å². The summed E-state index contributed by atoms with van der Waals surface area (Å²) in [4.78, 5) is 12.1. The molecule has 13 N–H and O–H groups in total. The maximum absolute atomic E-state index is 13.3. The Kier molecular flexibility index (Phi) is 6.88. The second-order valence-electron chi connectivity index (χ2n) is 9.91. The zero-order valence-corrected chi connectivity index (χ0v) is 21.3. The lowest BCUT2D eigenvalue weighted by Gasteiger charge is -2.65. The van der Waals surface area contributed by atoms with Gasteiger partial charge in [0.25, 0.3) is 29.3 Å². The Hall–Kier alpha value is -2.85. The van der Waals surface area contributed by atoms with E-state index in [4.69, 9.17) is 9.47 Å². The van der Waals surface area contributed by atoms with Crippen molar-refractivity contribution >= 4 is 5.78 Å². The highest BCUT2D eigenvalue weighted by molar-refractivity contribution is 6.04. The average Bonchev–Trinajstić information content (AvgIpc) is 3.06. The van der Waals surface area contributed by atoms with Crippen LogP contribution in [0.15, 0.2) is 42.5 Å². The monoisotopic (exact) mass is 587 g/mol. The number of piperidine rings is 1. The zero-order valence-electron chi connectivity index (χ0n) is 21.3. The summed E-state index contributed by atoms with van der Waals surface area (Å²) in [6.45, 7) is 0.